The Bertz CT molecular complexity index is 858. The lowest BCUT2D eigenvalue weighted by Crippen LogP contribution is -2.30. The summed E-state index contributed by atoms with van der Waals surface area (Å²) in [7, 11) is 0. The molecular formula is C17H15F2N3O4. The Balaban J connectivity index is 2.00. The molecule has 1 atom stereocenters. The summed E-state index contributed by atoms with van der Waals surface area (Å²) in [5.74, 6) is -3.71. The van der Waals surface area contributed by atoms with Crippen LogP contribution in [0.4, 0.5) is 25.0 Å². The highest BCUT2D eigenvalue weighted by atomic mass is 19.2. The summed E-state index contributed by atoms with van der Waals surface area (Å²) in [6.45, 7) is 1.32. The number of amides is 3. The van der Waals surface area contributed by atoms with Crippen molar-refractivity contribution < 1.29 is 27.9 Å². The van der Waals surface area contributed by atoms with Crippen LogP contribution in [0.15, 0.2) is 42.5 Å². The molecule has 0 aliphatic rings. The second kappa shape index (κ2) is 8.06. The van der Waals surface area contributed by atoms with Gasteiger partial charge in [0.1, 0.15) is 0 Å². The van der Waals surface area contributed by atoms with Crippen molar-refractivity contribution in [2.24, 2.45) is 5.73 Å². The van der Waals surface area contributed by atoms with Crippen molar-refractivity contribution in [1.82, 2.24) is 0 Å². The Morgan fingerprint density at radius 2 is 1.69 bits per heavy atom. The second-order valence-electron chi connectivity index (χ2n) is 5.24. The molecular weight excluding hydrogens is 348 g/mol. The van der Waals surface area contributed by atoms with Gasteiger partial charge in [-0.1, -0.05) is 6.07 Å². The van der Waals surface area contributed by atoms with Gasteiger partial charge in [-0.3, -0.25) is 4.79 Å². The van der Waals surface area contributed by atoms with E-state index in [4.69, 9.17) is 10.5 Å². The van der Waals surface area contributed by atoms with E-state index in [2.05, 4.69) is 10.6 Å². The SMILES string of the molecule is C[C@H](OC(=O)c1cccc(NC(N)=O)c1)C(=O)Nc1ccc(F)c(F)c1. The first-order valence-corrected chi connectivity index (χ1v) is 7.39. The molecule has 9 heteroatoms. The first kappa shape index (κ1) is 18.8. The zero-order valence-corrected chi connectivity index (χ0v) is 13.6. The fourth-order valence-electron chi connectivity index (χ4n) is 1.97. The molecule has 0 aromatic heterocycles. The molecule has 136 valence electrons. The van der Waals surface area contributed by atoms with Crippen molar-refractivity contribution in [3.63, 3.8) is 0 Å². The predicted molar refractivity (Wildman–Crippen MR) is 89.5 cm³/mol. The molecule has 0 heterocycles. The third-order valence-corrected chi connectivity index (χ3v) is 3.21. The van der Waals surface area contributed by atoms with Crippen LogP contribution in [0.5, 0.6) is 0 Å². The highest BCUT2D eigenvalue weighted by molar-refractivity contribution is 5.98. The quantitative estimate of drug-likeness (QED) is 0.709. The van der Waals surface area contributed by atoms with Crippen LogP contribution in [-0.2, 0) is 9.53 Å². The van der Waals surface area contributed by atoms with Crippen molar-refractivity contribution in [2.75, 3.05) is 10.6 Å². The summed E-state index contributed by atoms with van der Waals surface area (Å²) >= 11 is 0. The van der Waals surface area contributed by atoms with Crippen LogP contribution >= 0.6 is 0 Å². The number of urea groups is 1. The normalized spacial score (nSPS) is 11.3. The van der Waals surface area contributed by atoms with E-state index in [0.717, 1.165) is 12.1 Å². The van der Waals surface area contributed by atoms with Crippen LogP contribution in [0.25, 0.3) is 0 Å². The monoisotopic (exact) mass is 363 g/mol. The number of primary amides is 1. The molecule has 7 nitrogen and oxygen atoms in total. The number of hydrogen-bond donors (Lipinski definition) is 3. The van der Waals surface area contributed by atoms with Gasteiger partial charge in [0.15, 0.2) is 17.7 Å². The highest BCUT2D eigenvalue weighted by Crippen LogP contribution is 2.15. The Kier molecular flexibility index (Phi) is 5.84. The lowest BCUT2D eigenvalue weighted by molar-refractivity contribution is -0.123. The lowest BCUT2D eigenvalue weighted by atomic mass is 10.2. The number of nitrogens with one attached hydrogen (secondary N) is 2. The second-order valence-corrected chi connectivity index (χ2v) is 5.24. The molecule has 4 N–H and O–H groups in total. The topological polar surface area (TPSA) is 111 Å². The molecule has 0 unspecified atom stereocenters. The van der Waals surface area contributed by atoms with Crippen LogP contribution in [0.3, 0.4) is 0 Å². The van der Waals surface area contributed by atoms with E-state index < -0.39 is 35.6 Å². The van der Waals surface area contributed by atoms with E-state index in [-0.39, 0.29) is 16.9 Å². The summed E-state index contributed by atoms with van der Waals surface area (Å²) < 4.78 is 31.0. The van der Waals surface area contributed by atoms with Crippen LogP contribution < -0.4 is 16.4 Å². The molecule has 0 spiro atoms. The largest absolute Gasteiger partial charge is 0.449 e. The van der Waals surface area contributed by atoms with Gasteiger partial charge in [0.05, 0.1) is 5.56 Å². The van der Waals surface area contributed by atoms with Crippen LogP contribution in [0.1, 0.15) is 17.3 Å². The van der Waals surface area contributed by atoms with Crippen molar-refractivity contribution in [1.29, 1.82) is 0 Å². The fourth-order valence-corrected chi connectivity index (χ4v) is 1.97. The number of anilines is 2. The van der Waals surface area contributed by atoms with Gasteiger partial charge in [0, 0.05) is 17.4 Å². The zero-order valence-electron chi connectivity index (χ0n) is 13.6. The Morgan fingerprint density at radius 1 is 1.00 bits per heavy atom. The van der Waals surface area contributed by atoms with Gasteiger partial charge < -0.3 is 21.1 Å². The number of carbonyl (C=O) groups excluding carboxylic acids is 3. The maximum absolute atomic E-state index is 13.1. The zero-order chi connectivity index (χ0) is 19.3. The maximum Gasteiger partial charge on any atom is 0.338 e. The Labute approximate surface area is 147 Å². The molecule has 26 heavy (non-hydrogen) atoms. The fraction of sp³-hybridized carbons (Fsp3) is 0.118. The number of halogens is 2. The van der Waals surface area contributed by atoms with Crippen molar-refractivity contribution in [3.05, 3.63) is 59.7 Å². The van der Waals surface area contributed by atoms with E-state index in [1.807, 2.05) is 0 Å². The molecule has 0 saturated carbocycles. The number of benzene rings is 2. The number of rotatable bonds is 5. The molecule has 3 amide bonds. The molecule has 0 bridgehead atoms. The molecule has 0 saturated heterocycles. The predicted octanol–water partition coefficient (Wildman–Crippen LogP) is 2.64. The van der Waals surface area contributed by atoms with Gasteiger partial charge >= 0.3 is 12.0 Å². The molecule has 0 radical (unpaired) electrons. The summed E-state index contributed by atoms with van der Waals surface area (Å²) in [6, 6.07) is 7.80. The van der Waals surface area contributed by atoms with E-state index in [1.54, 1.807) is 0 Å². The lowest BCUT2D eigenvalue weighted by Gasteiger charge is -2.14. The minimum absolute atomic E-state index is 0.0180. The van der Waals surface area contributed by atoms with E-state index >= 15 is 0 Å². The number of hydrogen-bond acceptors (Lipinski definition) is 4. The van der Waals surface area contributed by atoms with Crippen molar-refractivity contribution >= 4 is 29.3 Å². The number of esters is 1. The first-order valence-electron chi connectivity index (χ1n) is 7.39. The number of nitrogens with two attached hydrogens (primary N) is 1. The third kappa shape index (κ3) is 5.00. The minimum atomic E-state index is -1.21. The highest BCUT2D eigenvalue weighted by Gasteiger charge is 2.20. The van der Waals surface area contributed by atoms with Crippen molar-refractivity contribution in [2.45, 2.75) is 13.0 Å². The molecule has 0 aliphatic carbocycles. The average molecular weight is 363 g/mol. The minimum Gasteiger partial charge on any atom is -0.449 e. The van der Waals surface area contributed by atoms with Gasteiger partial charge in [0.25, 0.3) is 5.91 Å². The summed E-state index contributed by atoms with van der Waals surface area (Å²) in [4.78, 5) is 34.9. The van der Waals surface area contributed by atoms with Crippen LogP contribution in [0.2, 0.25) is 0 Å². The number of ether oxygens (including phenoxy) is 1. The summed E-state index contributed by atoms with van der Waals surface area (Å²) in [6.07, 6.45) is -1.21. The molecule has 2 aromatic rings. The van der Waals surface area contributed by atoms with Gasteiger partial charge in [0.2, 0.25) is 0 Å². The van der Waals surface area contributed by atoms with E-state index in [9.17, 15) is 23.2 Å². The average Bonchev–Trinajstić information content (AvgIpc) is 2.57. The smallest absolute Gasteiger partial charge is 0.338 e. The first-order chi connectivity index (χ1) is 12.3. The van der Waals surface area contributed by atoms with Gasteiger partial charge in [-0.25, -0.2) is 18.4 Å². The molecule has 0 aliphatic heterocycles. The van der Waals surface area contributed by atoms with Gasteiger partial charge in [-0.05, 0) is 37.3 Å². The summed E-state index contributed by atoms with van der Waals surface area (Å²) in [5.41, 5.74) is 5.38. The maximum atomic E-state index is 13.1. The standard InChI is InChI=1S/C17H15F2N3O4/c1-9(15(23)21-12-5-6-13(18)14(19)8-12)26-16(24)10-3-2-4-11(7-10)22-17(20)25/h2-9H,1H3,(H,21,23)(H3,20,22,25)/t9-/m0/s1. The summed E-state index contributed by atoms with van der Waals surface area (Å²) in [5, 5.41) is 4.61. The third-order valence-electron chi connectivity index (χ3n) is 3.21. The van der Waals surface area contributed by atoms with Crippen LogP contribution in [0, 0.1) is 11.6 Å². The molecule has 2 rings (SSSR count). The van der Waals surface area contributed by atoms with E-state index in [1.165, 1.54) is 37.3 Å². The number of carbonyl (C=O) groups is 3. The van der Waals surface area contributed by atoms with Gasteiger partial charge in [-0.15, -0.1) is 0 Å². The van der Waals surface area contributed by atoms with Gasteiger partial charge in [-0.2, -0.15) is 0 Å². The van der Waals surface area contributed by atoms with Crippen molar-refractivity contribution in [3.8, 4) is 0 Å². The Morgan fingerprint density at radius 3 is 2.35 bits per heavy atom. The molecule has 2 aromatic carbocycles. The molecule has 0 fully saturated rings. The Hall–Kier alpha value is -3.49. The van der Waals surface area contributed by atoms with E-state index in [0.29, 0.717) is 0 Å². The van der Waals surface area contributed by atoms with Crippen LogP contribution in [-0.4, -0.2) is 24.0 Å².